The molecule has 16 heavy (non-hydrogen) atoms. The molecule has 1 aromatic rings. The molecule has 1 heterocycles. The van der Waals surface area contributed by atoms with Gasteiger partial charge in [-0.05, 0) is 18.9 Å². The predicted octanol–water partition coefficient (Wildman–Crippen LogP) is 2.97. The van der Waals surface area contributed by atoms with Crippen LogP contribution in [0.2, 0.25) is 0 Å². The van der Waals surface area contributed by atoms with Crippen molar-refractivity contribution in [3.8, 4) is 0 Å². The minimum absolute atomic E-state index is 0.613. The van der Waals surface area contributed by atoms with Gasteiger partial charge in [0.2, 0.25) is 0 Å². The number of hydrogen-bond acceptors (Lipinski definition) is 2. The number of hydrogen-bond donors (Lipinski definition) is 1. The summed E-state index contributed by atoms with van der Waals surface area (Å²) in [6, 6.07) is 9.19. The van der Waals surface area contributed by atoms with Crippen LogP contribution in [-0.2, 0) is 6.54 Å². The Morgan fingerprint density at radius 2 is 2.12 bits per heavy atom. The molecule has 1 aliphatic heterocycles. The molecular weight excluding hydrogens is 216 g/mol. The number of nitrogens with one attached hydrogen (secondary N) is 1. The molecule has 1 fully saturated rings. The Hall–Kier alpha value is -0.960. The molecule has 1 N–H and O–H groups in total. The Labute approximate surface area is 102 Å². The quantitative estimate of drug-likeness (QED) is 0.869. The first-order valence-electron chi connectivity index (χ1n) is 5.77. The van der Waals surface area contributed by atoms with Crippen LogP contribution >= 0.6 is 11.8 Å². The molecule has 1 unspecified atom stereocenters. The Morgan fingerprint density at radius 1 is 1.38 bits per heavy atom. The minimum Gasteiger partial charge on any atom is -0.361 e. The Bertz CT molecular complexity index is 370. The molecule has 0 bridgehead atoms. The smallest absolute Gasteiger partial charge is 0.157 e. The van der Waals surface area contributed by atoms with Crippen molar-refractivity contribution in [3.05, 3.63) is 35.4 Å². The largest absolute Gasteiger partial charge is 0.361 e. The molecular formula is C13H18N2S. The first kappa shape index (κ1) is 11.5. The van der Waals surface area contributed by atoms with Crippen LogP contribution in [-0.4, -0.2) is 17.0 Å². The van der Waals surface area contributed by atoms with Crippen molar-refractivity contribution in [2.75, 3.05) is 5.75 Å². The first-order chi connectivity index (χ1) is 7.78. The highest BCUT2D eigenvalue weighted by Gasteiger charge is 2.17. The third-order valence-electron chi connectivity index (χ3n) is 2.77. The van der Waals surface area contributed by atoms with Crippen molar-refractivity contribution < 1.29 is 0 Å². The monoisotopic (exact) mass is 234 g/mol. The lowest BCUT2D eigenvalue weighted by Crippen LogP contribution is -2.25. The Morgan fingerprint density at radius 3 is 2.75 bits per heavy atom. The molecule has 0 aliphatic carbocycles. The lowest BCUT2D eigenvalue weighted by atomic mass is 10.1. The topological polar surface area (TPSA) is 24.4 Å². The highest BCUT2D eigenvalue weighted by atomic mass is 32.2. The summed E-state index contributed by atoms with van der Waals surface area (Å²) >= 11 is 1.84. The molecule has 1 saturated heterocycles. The number of benzene rings is 1. The molecule has 2 nitrogen and oxygen atoms in total. The molecule has 1 aliphatic rings. The van der Waals surface area contributed by atoms with Crippen LogP contribution in [0.1, 0.15) is 24.5 Å². The summed E-state index contributed by atoms with van der Waals surface area (Å²) in [6.07, 6.45) is 1.18. The van der Waals surface area contributed by atoms with Gasteiger partial charge in [0, 0.05) is 11.8 Å². The summed E-state index contributed by atoms with van der Waals surface area (Å²) in [7, 11) is 0. The molecule has 0 aromatic heterocycles. The third-order valence-corrected chi connectivity index (χ3v) is 3.86. The van der Waals surface area contributed by atoms with Crippen LogP contribution in [0.25, 0.3) is 0 Å². The molecule has 2 rings (SSSR count). The van der Waals surface area contributed by atoms with Crippen molar-refractivity contribution in [1.29, 1.82) is 0 Å². The lowest BCUT2D eigenvalue weighted by Gasteiger charge is -2.04. The van der Waals surface area contributed by atoms with Gasteiger partial charge in [-0.3, -0.25) is 4.99 Å². The maximum atomic E-state index is 4.59. The van der Waals surface area contributed by atoms with Crippen LogP contribution in [0.15, 0.2) is 29.3 Å². The molecule has 0 amide bonds. The van der Waals surface area contributed by atoms with Gasteiger partial charge in [-0.15, -0.1) is 0 Å². The second-order valence-corrected chi connectivity index (χ2v) is 5.18. The summed E-state index contributed by atoms with van der Waals surface area (Å²) in [4.78, 5) is 4.59. The van der Waals surface area contributed by atoms with Crippen molar-refractivity contribution in [2.24, 2.45) is 4.99 Å². The summed E-state index contributed by atoms with van der Waals surface area (Å²) in [6.45, 7) is 5.10. The molecule has 3 heteroatoms. The zero-order valence-electron chi connectivity index (χ0n) is 9.86. The highest BCUT2D eigenvalue weighted by Crippen LogP contribution is 2.16. The van der Waals surface area contributed by atoms with E-state index in [0.29, 0.717) is 6.04 Å². The maximum Gasteiger partial charge on any atom is 0.157 e. The van der Waals surface area contributed by atoms with Crippen LogP contribution in [0.5, 0.6) is 0 Å². The standard InChI is InChI=1S/C13H18N2S/c1-3-12-9-16-13(15-12)14-8-11-6-4-10(2)5-7-11/h4-7,12H,3,8-9H2,1-2H3,(H,14,15). The van der Waals surface area contributed by atoms with E-state index in [9.17, 15) is 0 Å². The van der Waals surface area contributed by atoms with Gasteiger partial charge in [0.15, 0.2) is 5.17 Å². The van der Waals surface area contributed by atoms with Crippen LogP contribution in [0.4, 0.5) is 0 Å². The second kappa shape index (κ2) is 5.39. The molecule has 1 aromatic carbocycles. The van der Waals surface area contributed by atoms with Gasteiger partial charge in [-0.2, -0.15) is 0 Å². The fraction of sp³-hybridized carbons (Fsp3) is 0.462. The Kier molecular flexibility index (Phi) is 3.88. The first-order valence-corrected chi connectivity index (χ1v) is 6.76. The van der Waals surface area contributed by atoms with Crippen LogP contribution in [0.3, 0.4) is 0 Å². The SMILES string of the molecule is CCC1CSC(=NCc2ccc(C)cc2)N1. The van der Waals surface area contributed by atoms with Crippen LogP contribution in [0, 0.1) is 6.92 Å². The van der Waals surface area contributed by atoms with E-state index in [-0.39, 0.29) is 0 Å². The van der Waals surface area contributed by atoms with E-state index < -0.39 is 0 Å². The molecule has 1 atom stereocenters. The zero-order valence-corrected chi connectivity index (χ0v) is 10.7. The van der Waals surface area contributed by atoms with Crippen molar-refractivity contribution in [1.82, 2.24) is 5.32 Å². The average molecular weight is 234 g/mol. The van der Waals surface area contributed by atoms with E-state index in [1.165, 1.54) is 17.5 Å². The summed E-state index contributed by atoms with van der Waals surface area (Å²) < 4.78 is 0. The zero-order chi connectivity index (χ0) is 11.4. The minimum atomic E-state index is 0.613. The van der Waals surface area contributed by atoms with E-state index in [1.807, 2.05) is 11.8 Å². The predicted molar refractivity (Wildman–Crippen MR) is 72.0 cm³/mol. The number of rotatable bonds is 3. The number of thioether (sulfide) groups is 1. The highest BCUT2D eigenvalue weighted by molar-refractivity contribution is 8.14. The van der Waals surface area contributed by atoms with Crippen molar-refractivity contribution in [2.45, 2.75) is 32.9 Å². The van der Waals surface area contributed by atoms with E-state index in [0.717, 1.165) is 17.5 Å². The van der Waals surface area contributed by atoms with Gasteiger partial charge in [0.25, 0.3) is 0 Å². The number of aryl methyl sites for hydroxylation is 1. The number of nitrogens with zero attached hydrogens (tertiary/aromatic N) is 1. The summed E-state index contributed by atoms with van der Waals surface area (Å²) in [5.74, 6) is 1.16. The summed E-state index contributed by atoms with van der Waals surface area (Å²) in [5, 5.41) is 4.54. The van der Waals surface area contributed by atoms with E-state index in [2.05, 4.69) is 48.4 Å². The van der Waals surface area contributed by atoms with E-state index in [4.69, 9.17) is 0 Å². The lowest BCUT2D eigenvalue weighted by molar-refractivity contribution is 0.667. The number of aliphatic imine (C=N–C) groups is 1. The van der Waals surface area contributed by atoms with Crippen LogP contribution < -0.4 is 5.32 Å². The normalized spacial score (nSPS) is 22.4. The van der Waals surface area contributed by atoms with E-state index in [1.54, 1.807) is 0 Å². The molecule has 0 saturated carbocycles. The maximum absolute atomic E-state index is 4.59. The van der Waals surface area contributed by atoms with Gasteiger partial charge in [0.1, 0.15) is 0 Å². The van der Waals surface area contributed by atoms with E-state index >= 15 is 0 Å². The second-order valence-electron chi connectivity index (χ2n) is 4.17. The van der Waals surface area contributed by atoms with Crippen molar-refractivity contribution in [3.63, 3.8) is 0 Å². The van der Waals surface area contributed by atoms with Crippen molar-refractivity contribution >= 4 is 16.9 Å². The average Bonchev–Trinajstić information content (AvgIpc) is 2.76. The number of amidine groups is 1. The third kappa shape index (κ3) is 3.01. The Balaban J connectivity index is 1.91. The van der Waals surface area contributed by atoms with Gasteiger partial charge >= 0.3 is 0 Å². The van der Waals surface area contributed by atoms with Gasteiger partial charge in [-0.1, -0.05) is 48.5 Å². The van der Waals surface area contributed by atoms with Gasteiger partial charge in [-0.25, -0.2) is 0 Å². The molecule has 0 spiro atoms. The molecule has 86 valence electrons. The fourth-order valence-electron chi connectivity index (χ4n) is 1.61. The summed E-state index contributed by atoms with van der Waals surface area (Å²) in [5.41, 5.74) is 2.58. The molecule has 0 radical (unpaired) electrons. The van der Waals surface area contributed by atoms with Gasteiger partial charge in [0.05, 0.1) is 6.54 Å². The fourth-order valence-corrected chi connectivity index (χ4v) is 2.69. The van der Waals surface area contributed by atoms with Gasteiger partial charge < -0.3 is 5.32 Å².